The quantitative estimate of drug-likeness (QED) is 0.325. The Morgan fingerprint density at radius 3 is 2.35 bits per heavy atom. The molecule has 0 bridgehead atoms. The first-order valence-electron chi connectivity index (χ1n) is 10.2. The van der Waals surface area contributed by atoms with Crippen LogP contribution < -0.4 is 10.6 Å². The van der Waals surface area contributed by atoms with Crippen molar-refractivity contribution in [1.29, 1.82) is 0 Å². The van der Waals surface area contributed by atoms with Gasteiger partial charge in [0.1, 0.15) is 11.0 Å². The van der Waals surface area contributed by atoms with Crippen LogP contribution >= 0.6 is 27.5 Å². The molecular weight excluding hydrogens is 544 g/mol. The molecule has 0 heterocycles. The molecule has 7 nitrogen and oxygen atoms in total. The highest BCUT2D eigenvalue weighted by atomic mass is 79.9. The Bertz CT molecular complexity index is 1350. The molecule has 1 unspecified atom stereocenters. The third-order valence-electron chi connectivity index (χ3n) is 5.07. The molecule has 0 saturated carbocycles. The first-order valence-corrected chi connectivity index (χ1v) is 13.0. The molecule has 178 valence electrons. The Morgan fingerprint density at radius 1 is 1.03 bits per heavy atom. The van der Waals surface area contributed by atoms with E-state index in [0.29, 0.717) is 10.0 Å². The predicted molar refractivity (Wildman–Crippen MR) is 136 cm³/mol. The lowest BCUT2D eigenvalue weighted by atomic mass is 10.1. The fraction of sp³-hybridized carbons (Fsp3) is 0.167. The van der Waals surface area contributed by atoms with Crippen LogP contribution in [0.3, 0.4) is 0 Å². The lowest BCUT2D eigenvalue weighted by molar-refractivity contribution is -0.115. The molecule has 0 aliphatic carbocycles. The van der Waals surface area contributed by atoms with Crippen LogP contribution in [0.4, 0.5) is 11.4 Å². The molecule has 3 rings (SSSR count). The molecular formula is C24H22BrClN2O5S. The van der Waals surface area contributed by atoms with Crippen molar-refractivity contribution < 1.29 is 23.1 Å². The summed E-state index contributed by atoms with van der Waals surface area (Å²) in [4.78, 5) is 25.5. The number of phenolic OH excluding ortho intramolecular Hbond substituents is 1. The first-order chi connectivity index (χ1) is 16.0. The van der Waals surface area contributed by atoms with E-state index in [4.69, 9.17) is 11.6 Å². The molecule has 3 aromatic carbocycles. The van der Waals surface area contributed by atoms with Crippen molar-refractivity contribution in [1.82, 2.24) is 0 Å². The SMILES string of the molecule is CCC(C(=O)Nc1cc(O)c(NC(=O)c2cc(C)ccc2Br)cc1Cl)S(=O)(=O)c1ccccc1. The highest BCUT2D eigenvalue weighted by Gasteiger charge is 2.33. The second-order valence-corrected chi connectivity index (χ2v) is 10.9. The number of carbonyl (C=O) groups excluding carboxylic acids is 2. The van der Waals surface area contributed by atoms with E-state index in [1.54, 1.807) is 37.3 Å². The van der Waals surface area contributed by atoms with Gasteiger partial charge in [-0.25, -0.2) is 8.42 Å². The zero-order valence-electron chi connectivity index (χ0n) is 18.3. The van der Waals surface area contributed by atoms with Gasteiger partial charge in [-0.2, -0.15) is 0 Å². The van der Waals surface area contributed by atoms with E-state index in [2.05, 4.69) is 26.6 Å². The Kier molecular flexibility index (Phi) is 8.01. The largest absolute Gasteiger partial charge is 0.506 e. The highest BCUT2D eigenvalue weighted by molar-refractivity contribution is 9.10. The Hall–Kier alpha value is -2.88. The van der Waals surface area contributed by atoms with Crippen molar-refractivity contribution in [2.75, 3.05) is 10.6 Å². The van der Waals surface area contributed by atoms with Gasteiger partial charge in [-0.1, -0.05) is 48.4 Å². The molecule has 0 aromatic heterocycles. The maximum Gasteiger partial charge on any atom is 0.256 e. The number of phenols is 1. The van der Waals surface area contributed by atoms with E-state index in [-0.39, 0.29) is 33.5 Å². The van der Waals surface area contributed by atoms with Gasteiger partial charge in [0.25, 0.3) is 5.91 Å². The van der Waals surface area contributed by atoms with Gasteiger partial charge in [0.2, 0.25) is 5.91 Å². The number of nitrogens with one attached hydrogen (secondary N) is 2. The Labute approximate surface area is 211 Å². The van der Waals surface area contributed by atoms with Crippen molar-refractivity contribution in [3.8, 4) is 5.75 Å². The van der Waals surface area contributed by atoms with Gasteiger partial charge in [-0.05, 0) is 59.6 Å². The van der Waals surface area contributed by atoms with Crippen molar-refractivity contribution in [2.45, 2.75) is 30.4 Å². The van der Waals surface area contributed by atoms with E-state index in [1.807, 2.05) is 13.0 Å². The third-order valence-corrected chi connectivity index (χ3v) is 8.30. The van der Waals surface area contributed by atoms with Crippen LogP contribution in [0.2, 0.25) is 5.02 Å². The summed E-state index contributed by atoms with van der Waals surface area (Å²) in [7, 11) is -3.93. The number of halogens is 2. The number of hydrogen-bond acceptors (Lipinski definition) is 5. The molecule has 10 heteroatoms. The number of carbonyl (C=O) groups is 2. The summed E-state index contributed by atoms with van der Waals surface area (Å²) < 4.78 is 26.4. The first kappa shape index (κ1) is 25.7. The maximum absolute atomic E-state index is 12.9. The monoisotopic (exact) mass is 564 g/mol. The second-order valence-electron chi connectivity index (χ2n) is 7.53. The van der Waals surface area contributed by atoms with Gasteiger partial charge in [0.15, 0.2) is 9.84 Å². The zero-order valence-corrected chi connectivity index (χ0v) is 21.5. The average molecular weight is 566 g/mol. The van der Waals surface area contributed by atoms with Crippen LogP contribution in [0.5, 0.6) is 5.75 Å². The molecule has 0 fully saturated rings. The van der Waals surface area contributed by atoms with Crippen molar-refractivity contribution in [3.63, 3.8) is 0 Å². The highest BCUT2D eigenvalue weighted by Crippen LogP contribution is 2.35. The number of sulfone groups is 1. The van der Waals surface area contributed by atoms with Gasteiger partial charge < -0.3 is 15.7 Å². The fourth-order valence-electron chi connectivity index (χ4n) is 3.29. The molecule has 0 spiro atoms. The Morgan fingerprint density at radius 2 is 1.71 bits per heavy atom. The number of benzene rings is 3. The lowest BCUT2D eigenvalue weighted by Crippen LogP contribution is -2.34. The molecule has 1 atom stereocenters. The summed E-state index contributed by atoms with van der Waals surface area (Å²) in [5, 5.41) is 14.1. The molecule has 0 radical (unpaired) electrons. The molecule has 0 aliphatic rings. The van der Waals surface area contributed by atoms with Gasteiger partial charge in [0, 0.05) is 10.5 Å². The minimum absolute atomic E-state index is 0.0109. The van der Waals surface area contributed by atoms with Gasteiger partial charge in [0.05, 0.1) is 26.9 Å². The maximum atomic E-state index is 12.9. The number of rotatable bonds is 7. The van der Waals surface area contributed by atoms with Gasteiger partial charge in [-0.15, -0.1) is 0 Å². The predicted octanol–water partition coefficient (Wildman–Crippen LogP) is 5.56. The smallest absolute Gasteiger partial charge is 0.256 e. The number of anilines is 2. The number of aryl methyl sites for hydroxylation is 1. The molecule has 3 aromatic rings. The van der Waals surface area contributed by atoms with Gasteiger partial charge in [-0.3, -0.25) is 9.59 Å². The van der Waals surface area contributed by atoms with Crippen molar-refractivity contribution in [2.24, 2.45) is 0 Å². The molecule has 0 saturated heterocycles. The number of amides is 2. The fourth-order valence-corrected chi connectivity index (χ4v) is 5.58. The van der Waals surface area contributed by atoms with Crippen LogP contribution in [-0.2, 0) is 14.6 Å². The van der Waals surface area contributed by atoms with E-state index in [9.17, 15) is 23.1 Å². The molecule has 2 amide bonds. The van der Waals surface area contributed by atoms with E-state index >= 15 is 0 Å². The van der Waals surface area contributed by atoms with E-state index in [1.165, 1.54) is 18.2 Å². The average Bonchev–Trinajstić information content (AvgIpc) is 2.79. The lowest BCUT2D eigenvalue weighted by Gasteiger charge is -2.17. The van der Waals surface area contributed by atoms with Crippen LogP contribution in [-0.4, -0.2) is 30.6 Å². The summed E-state index contributed by atoms with van der Waals surface area (Å²) >= 11 is 9.60. The summed E-state index contributed by atoms with van der Waals surface area (Å²) in [6.07, 6.45) is 0.0339. The third kappa shape index (κ3) is 5.60. The zero-order chi connectivity index (χ0) is 25.0. The molecule has 34 heavy (non-hydrogen) atoms. The topological polar surface area (TPSA) is 113 Å². The molecule has 3 N–H and O–H groups in total. The summed E-state index contributed by atoms with van der Waals surface area (Å²) in [6, 6.07) is 15.4. The van der Waals surface area contributed by atoms with E-state index in [0.717, 1.165) is 11.6 Å². The van der Waals surface area contributed by atoms with Crippen molar-refractivity contribution in [3.05, 3.63) is 81.3 Å². The summed E-state index contributed by atoms with van der Waals surface area (Å²) in [5.41, 5.74) is 1.29. The standard InChI is InChI=1S/C24H22BrClN2O5S/c1-3-22(34(32,33)15-7-5-4-6-8-15)24(31)27-19-13-21(29)20(12-18(19)26)28-23(30)16-11-14(2)9-10-17(16)25/h4-13,22,29H,3H2,1-2H3,(H,27,31)(H,28,30). The van der Waals surface area contributed by atoms with Crippen LogP contribution in [0.1, 0.15) is 29.3 Å². The molecule has 0 aliphatic heterocycles. The number of hydrogen-bond donors (Lipinski definition) is 3. The van der Waals surface area contributed by atoms with Crippen LogP contribution in [0.25, 0.3) is 0 Å². The summed E-state index contributed by atoms with van der Waals surface area (Å²) in [5.74, 6) is -1.61. The summed E-state index contributed by atoms with van der Waals surface area (Å²) in [6.45, 7) is 3.43. The van der Waals surface area contributed by atoms with Crippen LogP contribution in [0.15, 0.2) is 70.0 Å². The normalized spacial score (nSPS) is 12.1. The van der Waals surface area contributed by atoms with Crippen molar-refractivity contribution >= 4 is 60.6 Å². The second kappa shape index (κ2) is 10.6. The minimum Gasteiger partial charge on any atom is -0.506 e. The van der Waals surface area contributed by atoms with E-state index < -0.39 is 26.9 Å². The van der Waals surface area contributed by atoms with Crippen LogP contribution in [0, 0.1) is 6.92 Å². The minimum atomic E-state index is -3.93. The number of aromatic hydroxyl groups is 1. The van der Waals surface area contributed by atoms with Gasteiger partial charge >= 0.3 is 0 Å². The Balaban J connectivity index is 1.82.